The Labute approximate surface area is 84.5 Å². The molecule has 0 amide bonds. The summed E-state index contributed by atoms with van der Waals surface area (Å²) in [5, 5.41) is 7.43. The molecule has 0 unspecified atom stereocenters. The fourth-order valence-corrected chi connectivity index (χ4v) is 1.07. The van der Waals surface area contributed by atoms with Crippen molar-refractivity contribution in [3.63, 3.8) is 0 Å². The van der Waals surface area contributed by atoms with Gasteiger partial charge in [-0.2, -0.15) is 0 Å². The van der Waals surface area contributed by atoms with Crippen molar-refractivity contribution in [2.24, 2.45) is 5.73 Å². The summed E-state index contributed by atoms with van der Waals surface area (Å²) in [5.41, 5.74) is 16.9. The Morgan fingerprint density at radius 2 is 1.80 bits per heavy atom. The van der Waals surface area contributed by atoms with Crippen molar-refractivity contribution in [1.82, 2.24) is 20.2 Å². The van der Waals surface area contributed by atoms with Gasteiger partial charge in [0.1, 0.15) is 23.5 Å². The van der Waals surface area contributed by atoms with Crippen LogP contribution >= 0.6 is 0 Å². The second-order valence-electron chi connectivity index (χ2n) is 2.72. The van der Waals surface area contributed by atoms with Crippen LogP contribution in [-0.2, 0) is 6.54 Å². The van der Waals surface area contributed by atoms with E-state index in [0.29, 0.717) is 11.5 Å². The highest BCUT2D eigenvalue weighted by Gasteiger charge is 2.15. The maximum atomic E-state index is 5.61. The molecule has 0 aliphatic carbocycles. The molecule has 15 heavy (non-hydrogen) atoms. The average Bonchev–Trinajstić information content (AvgIpc) is 2.66. The first kappa shape index (κ1) is 9.34. The van der Waals surface area contributed by atoms with E-state index in [1.165, 1.54) is 6.33 Å². The molecule has 6 N–H and O–H groups in total. The number of nitrogen functional groups attached to an aromatic ring is 2. The number of hydrogen-bond acceptors (Lipinski definition) is 8. The van der Waals surface area contributed by atoms with Gasteiger partial charge in [-0.15, -0.1) is 10.2 Å². The molecule has 0 fully saturated rings. The summed E-state index contributed by atoms with van der Waals surface area (Å²) in [5.74, 6) is 0.850. The maximum Gasteiger partial charge on any atom is 0.255 e. The number of anilines is 2. The van der Waals surface area contributed by atoms with E-state index < -0.39 is 0 Å². The van der Waals surface area contributed by atoms with E-state index >= 15 is 0 Å². The van der Waals surface area contributed by atoms with Crippen LogP contribution in [0.5, 0.6) is 0 Å². The van der Waals surface area contributed by atoms with Crippen molar-refractivity contribution >= 4 is 11.6 Å². The molecule has 2 rings (SSSR count). The Kier molecular flexibility index (Phi) is 2.18. The first-order valence-electron chi connectivity index (χ1n) is 4.11. The molecule has 0 aliphatic heterocycles. The summed E-state index contributed by atoms with van der Waals surface area (Å²) < 4.78 is 5.19. The van der Waals surface area contributed by atoms with Gasteiger partial charge in [-0.25, -0.2) is 9.97 Å². The quantitative estimate of drug-likeness (QED) is 0.577. The predicted molar refractivity (Wildman–Crippen MR) is 52.0 cm³/mol. The molecule has 0 aromatic carbocycles. The molecule has 0 bridgehead atoms. The molecule has 0 aliphatic rings. The largest absolute Gasteiger partial charge is 0.419 e. The zero-order valence-corrected chi connectivity index (χ0v) is 7.71. The van der Waals surface area contributed by atoms with E-state index in [1.807, 2.05) is 0 Å². The van der Waals surface area contributed by atoms with Crippen LogP contribution in [0.25, 0.3) is 11.5 Å². The van der Waals surface area contributed by atoms with Gasteiger partial charge in [-0.05, 0) is 0 Å². The van der Waals surface area contributed by atoms with Gasteiger partial charge in [0.25, 0.3) is 5.89 Å². The number of nitrogens with zero attached hydrogens (tertiary/aromatic N) is 4. The molecular weight excluding hydrogens is 198 g/mol. The van der Waals surface area contributed by atoms with Crippen LogP contribution in [0.15, 0.2) is 10.7 Å². The van der Waals surface area contributed by atoms with Crippen molar-refractivity contribution in [2.45, 2.75) is 6.54 Å². The highest BCUT2D eigenvalue weighted by atomic mass is 16.4. The van der Waals surface area contributed by atoms with Crippen LogP contribution in [0, 0.1) is 0 Å². The van der Waals surface area contributed by atoms with Crippen molar-refractivity contribution in [1.29, 1.82) is 0 Å². The topological polar surface area (TPSA) is 143 Å². The van der Waals surface area contributed by atoms with Crippen LogP contribution < -0.4 is 17.2 Å². The van der Waals surface area contributed by atoms with Crippen LogP contribution in [0.2, 0.25) is 0 Å². The van der Waals surface area contributed by atoms with Crippen LogP contribution in [0.4, 0.5) is 11.6 Å². The molecule has 8 heteroatoms. The molecule has 8 nitrogen and oxygen atoms in total. The normalized spacial score (nSPS) is 10.5. The number of aromatic nitrogens is 4. The molecule has 2 aromatic heterocycles. The van der Waals surface area contributed by atoms with Gasteiger partial charge in [-0.3, -0.25) is 0 Å². The monoisotopic (exact) mass is 207 g/mol. The van der Waals surface area contributed by atoms with E-state index in [4.69, 9.17) is 21.6 Å². The minimum atomic E-state index is 0.153. The summed E-state index contributed by atoms with van der Waals surface area (Å²) in [6.45, 7) is 0.153. The minimum Gasteiger partial charge on any atom is -0.419 e. The number of hydrogen-bond donors (Lipinski definition) is 3. The third kappa shape index (κ3) is 1.57. The highest BCUT2D eigenvalue weighted by Crippen LogP contribution is 2.26. The lowest BCUT2D eigenvalue weighted by molar-refractivity contribution is 0.509. The van der Waals surface area contributed by atoms with Gasteiger partial charge in [0, 0.05) is 0 Å². The van der Waals surface area contributed by atoms with Crippen molar-refractivity contribution in [3.05, 3.63) is 12.2 Å². The van der Waals surface area contributed by atoms with E-state index in [0.717, 1.165) is 0 Å². The molecule has 0 saturated carbocycles. The Bertz CT molecular complexity index is 460. The van der Waals surface area contributed by atoms with Gasteiger partial charge in [-0.1, -0.05) is 0 Å². The number of rotatable bonds is 2. The fraction of sp³-hybridized carbons (Fsp3) is 0.143. The molecule has 0 saturated heterocycles. The zero-order valence-electron chi connectivity index (χ0n) is 7.71. The van der Waals surface area contributed by atoms with Crippen LogP contribution in [-0.4, -0.2) is 20.2 Å². The predicted octanol–water partition coefficient (Wildman–Crippen LogP) is -0.850. The molecule has 2 aromatic rings. The van der Waals surface area contributed by atoms with Gasteiger partial charge < -0.3 is 21.6 Å². The summed E-state index contributed by atoms with van der Waals surface area (Å²) in [4.78, 5) is 7.56. The SMILES string of the molecule is NCc1nnc(-c2c(N)ncnc2N)o1. The maximum absolute atomic E-state index is 5.61. The third-order valence-electron chi connectivity index (χ3n) is 1.76. The van der Waals surface area contributed by atoms with Gasteiger partial charge in [0.15, 0.2) is 0 Å². The van der Waals surface area contributed by atoms with Crippen molar-refractivity contribution < 1.29 is 4.42 Å². The smallest absolute Gasteiger partial charge is 0.255 e. The lowest BCUT2D eigenvalue weighted by atomic mass is 10.3. The average molecular weight is 207 g/mol. The third-order valence-corrected chi connectivity index (χ3v) is 1.76. The van der Waals surface area contributed by atoms with Gasteiger partial charge in [0.2, 0.25) is 5.89 Å². The summed E-state index contributed by atoms with van der Waals surface area (Å²) in [6.07, 6.45) is 1.26. The summed E-state index contributed by atoms with van der Waals surface area (Å²) in [7, 11) is 0. The van der Waals surface area contributed by atoms with Crippen LogP contribution in [0.3, 0.4) is 0 Å². The van der Waals surface area contributed by atoms with Crippen molar-refractivity contribution in [2.75, 3.05) is 11.5 Å². The second-order valence-corrected chi connectivity index (χ2v) is 2.72. The molecule has 0 spiro atoms. The molecule has 2 heterocycles. The lowest BCUT2D eigenvalue weighted by Gasteiger charge is -2.01. The molecule has 78 valence electrons. The van der Waals surface area contributed by atoms with E-state index in [2.05, 4.69) is 20.2 Å². The van der Waals surface area contributed by atoms with Gasteiger partial charge in [0.05, 0.1) is 6.54 Å². The van der Waals surface area contributed by atoms with E-state index in [-0.39, 0.29) is 24.1 Å². The van der Waals surface area contributed by atoms with Crippen molar-refractivity contribution in [3.8, 4) is 11.5 Å². The standard InChI is InChI=1S/C7H9N7O/c8-1-3-13-14-7(15-3)4-5(9)11-2-12-6(4)10/h2H,1,8H2,(H4,9,10,11,12). The fourth-order valence-electron chi connectivity index (χ4n) is 1.07. The molecular formula is C7H9N7O. The molecule has 0 radical (unpaired) electrons. The lowest BCUT2D eigenvalue weighted by Crippen LogP contribution is -2.01. The van der Waals surface area contributed by atoms with E-state index in [1.54, 1.807) is 0 Å². The Balaban J connectivity index is 2.53. The summed E-state index contributed by atoms with van der Waals surface area (Å²) >= 11 is 0. The molecule has 0 atom stereocenters. The Morgan fingerprint density at radius 1 is 1.13 bits per heavy atom. The first-order chi connectivity index (χ1) is 7.22. The summed E-state index contributed by atoms with van der Waals surface area (Å²) in [6, 6.07) is 0. The van der Waals surface area contributed by atoms with Gasteiger partial charge >= 0.3 is 0 Å². The Morgan fingerprint density at radius 3 is 2.33 bits per heavy atom. The minimum absolute atomic E-state index is 0.153. The van der Waals surface area contributed by atoms with Crippen LogP contribution in [0.1, 0.15) is 5.89 Å². The zero-order chi connectivity index (χ0) is 10.8. The Hall–Kier alpha value is -2.22. The highest BCUT2D eigenvalue weighted by molar-refractivity contribution is 5.76. The second kappa shape index (κ2) is 3.50. The number of nitrogens with two attached hydrogens (primary N) is 3. The van der Waals surface area contributed by atoms with E-state index in [9.17, 15) is 0 Å². The first-order valence-corrected chi connectivity index (χ1v) is 4.11.